The van der Waals surface area contributed by atoms with Crippen molar-refractivity contribution in [3.05, 3.63) is 108 Å². The second-order valence-electron chi connectivity index (χ2n) is 9.94. The number of para-hydroxylation sites is 1. The number of halogens is 1. The van der Waals surface area contributed by atoms with Crippen LogP contribution < -0.4 is 15.1 Å². The van der Waals surface area contributed by atoms with Gasteiger partial charge < -0.3 is 19.7 Å². The van der Waals surface area contributed by atoms with Gasteiger partial charge >= 0.3 is 0 Å². The molecule has 0 aliphatic carbocycles. The molecule has 0 unspecified atom stereocenters. The molecule has 6 rings (SSSR count). The summed E-state index contributed by atoms with van der Waals surface area (Å²) in [6.45, 7) is 4.41. The van der Waals surface area contributed by atoms with Crippen LogP contribution in [0.15, 0.2) is 91.3 Å². The van der Waals surface area contributed by atoms with E-state index in [1.54, 1.807) is 0 Å². The van der Waals surface area contributed by atoms with Gasteiger partial charge in [0, 0.05) is 42.6 Å². The van der Waals surface area contributed by atoms with E-state index >= 15 is 0 Å². The number of nitrogens with one attached hydrogen (secondary N) is 1. The normalized spacial score (nSPS) is 20.3. The summed E-state index contributed by atoms with van der Waals surface area (Å²) in [4.78, 5) is 9.29. The molecule has 37 heavy (non-hydrogen) atoms. The van der Waals surface area contributed by atoms with E-state index in [1.807, 2.05) is 24.4 Å². The van der Waals surface area contributed by atoms with Crippen LogP contribution >= 0.6 is 23.8 Å². The molecule has 0 bridgehead atoms. The van der Waals surface area contributed by atoms with Crippen LogP contribution in [-0.2, 0) is 0 Å². The Kier molecular flexibility index (Phi) is 6.61. The van der Waals surface area contributed by atoms with Crippen LogP contribution in [-0.4, -0.2) is 27.8 Å². The summed E-state index contributed by atoms with van der Waals surface area (Å²) in [6.07, 6.45) is 6.33. The van der Waals surface area contributed by atoms with Gasteiger partial charge in [0.05, 0.1) is 22.4 Å². The molecule has 2 atom stereocenters. The number of pyridine rings is 1. The van der Waals surface area contributed by atoms with Crippen LogP contribution in [0.25, 0.3) is 5.69 Å². The van der Waals surface area contributed by atoms with Crippen LogP contribution in [0.1, 0.15) is 43.2 Å². The number of anilines is 2. The van der Waals surface area contributed by atoms with Crippen molar-refractivity contribution in [3.8, 4) is 5.69 Å². The number of thiocarbonyl (C=S) groups is 1. The van der Waals surface area contributed by atoms with E-state index in [-0.39, 0.29) is 12.1 Å². The highest BCUT2D eigenvalue weighted by Crippen LogP contribution is 2.44. The highest BCUT2D eigenvalue weighted by Gasteiger charge is 2.42. The van der Waals surface area contributed by atoms with E-state index in [2.05, 4.69) is 93.5 Å². The lowest BCUT2D eigenvalue weighted by molar-refractivity contribution is 0.438. The Morgan fingerprint density at radius 3 is 2.43 bits per heavy atom. The molecule has 0 radical (unpaired) electrons. The summed E-state index contributed by atoms with van der Waals surface area (Å²) in [5.74, 6) is 0.771. The van der Waals surface area contributed by atoms with Gasteiger partial charge in [0.1, 0.15) is 6.04 Å². The molecule has 2 fully saturated rings. The zero-order valence-electron chi connectivity index (χ0n) is 20.8. The molecule has 4 heterocycles. The molecule has 1 N–H and O–H groups in total. The standard InChI is InChI=1S/C30H30ClN5S/c1-21-14-18-34(19-15-21)26-13-12-23(20-24(26)31)36-29(28(33-30(36)37)25-10-5-6-16-32-25)27-11-7-17-35(27)22-8-3-2-4-9-22/h2-13,16-17,20-21,28-29H,14-15,18-19H2,1H3,(H,33,37)/t28-,29-/m0/s1. The number of aromatic nitrogens is 2. The molecule has 0 saturated carbocycles. The molecular formula is C30H30ClN5S. The van der Waals surface area contributed by atoms with Crippen molar-refractivity contribution in [1.29, 1.82) is 0 Å². The zero-order valence-corrected chi connectivity index (χ0v) is 22.4. The van der Waals surface area contributed by atoms with E-state index in [9.17, 15) is 0 Å². The van der Waals surface area contributed by atoms with Crippen LogP contribution in [0.5, 0.6) is 0 Å². The zero-order chi connectivity index (χ0) is 25.4. The Bertz CT molecular complexity index is 1380. The molecule has 0 spiro atoms. The summed E-state index contributed by atoms with van der Waals surface area (Å²) < 4.78 is 2.23. The summed E-state index contributed by atoms with van der Waals surface area (Å²) in [7, 11) is 0. The van der Waals surface area contributed by atoms with Gasteiger partial charge in [-0.25, -0.2) is 0 Å². The summed E-state index contributed by atoms with van der Waals surface area (Å²) in [5, 5.41) is 4.99. The minimum absolute atomic E-state index is 0.115. The number of hydrogen-bond acceptors (Lipinski definition) is 3. The van der Waals surface area contributed by atoms with Gasteiger partial charge in [-0.05, 0) is 85.6 Å². The third-order valence-electron chi connectivity index (χ3n) is 7.55. The van der Waals surface area contributed by atoms with Crippen molar-refractivity contribution < 1.29 is 0 Å². The summed E-state index contributed by atoms with van der Waals surface area (Å²) in [6, 6.07) is 26.8. The predicted molar refractivity (Wildman–Crippen MR) is 156 cm³/mol. The lowest BCUT2D eigenvalue weighted by atomic mass is 9.98. The van der Waals surface area contributed by atoms with E-state index < -0.39 is 0 Å². The van der Waals surface area contributed by atoms with Crippen LogP contribution in [0.3, 0.4) is 0 Å². The first kappa shape index (κ1) is 24.0. The highest BCUT2D eigenvalue weighted by atomic mass is 35.5. The minimum Gasteiger partial charge on any atom is -0.370 e. The van der Waals surface area contributed by atoms with Crippen LogP contribution in [0, 0.1) is 5.92 Å². The largest absolute Gasteiger partial charge is 0.370 e. The fourth-order valence-corrected chi connectivity index (χ4v) is 6.18. The fraction of sp³-hybridized carbons (Fsp3) is 0.267. The van der Waals surface area contributed by atoms with Gasteiger partial charge in [0.25, 0.3) is 0 Å². The van der Waals surface area contributed by atoms with Crippen molar-refractivity contribution >= 4 is 40.3 Å². The van der Waals surface area contributed by atoms with Gasteiger partial charge in [-0.2, -0.15) is 0 Å². The lowest BCUT2D eigenvalue weighted by Gasteiger charge is -2.33. The van der Waals surface area contributed by atoms with Crippen molar-refractivity contribution in [3.63, 3.8) is 0 Å². The summed E-state index contributed by atoms with van der Waals surface area (Å²) in [5.41, 5.74) is 5.25. The predicted octanol–water partition coefficient (Wildman–Crippen LogP) is 6.94. The number of nitrogens with zero attached hydrogens (tertiary/aromatic N) is 4. The molecule has 188 valence electrons. The van der Waals surface area contributed by atoms with Crippen molar-refractivity contribution in [2.45, 2.75) is 31.8 Å². The molecule has 5 nitrogen and oxygen atoms in total. The first-order valence-corrected chi connectivity index (χ1v) is 13.7. The maximum absolute atomic E-state index is 6.93. The minimum atomic E-state index is -0.118. The van der Waals surface area contributed by atoms with E-state index in [0.717, 1.165) is 52.5 Å². The third kappa shape index (κ3) is 4.60. The average Bonchev–Trinajstić information content (AvgIpc) is 3.54. The van der Waals surface area contributed by atoms with Crippen molar-refractivity contribution in [2.24, 2.45) is 5.92 Å². The molecule has 2 aromatic heterocycles. The monoisotopic (exact) mass is 527 g/mol. The first-order chi connectivity index (χ1) is 18.1. The first-order valence-electron chi connectivity index (χ1n) is 12.9. The molecule has 2 saturated heterocycles. The molecule has 4 aromatic rings. The van der Waals surface area contributed by atoms with Crippen LogP contribution in [0.4, 0.5) is 11.4 Å². The van der Waals surface area contributed by atoms with Crippen molar-refractivity contribution in [2.75, 3.05) is 22.9 Å². The summed E-state index contributed by atoms with van der Waals surface area (Å²) >= 11 is 12.9. The Morgan fingerprint density at radius 2 is 1.70 bits per heavy atom. The Balaban J connectivity index is 1.42. The van der Waals surface area contributed by atoms with Crippen LogP contribution in [0.2, 0.25) is 5.02 Å². The molecular weight excluding hydrogens is 498 g/mol. The number of benzene rings is 2. The molecule has 0 amide bonds. The smallest absolute Gasteiger partial charge is 0.174 e. The average molecular weight is 528 g/mol. The third-order valence-corrected chi connectivity index (χ3v) is 8.17. The second-order valence-corrected chi connectivity index (χ2v) is 10.7. The van der Waals surface area contributed by atoms with E-state index in [1.165, 1.54) is 12.8 Å². The topological polar surface area (TPSA) is 36.3 Å². The molecule has 2 aromatic carbocycles. The van der Waals surface area contributed by atoms with Crippen molar-refractivity contribution in [1.82, 2.24) is 14.9 Å². The Labute approximate surface area is 228 Å². The fourth-order valence-electron chi connectivity index (χ4n) is 5.54. The maximum atomic E-state index is 6.93. The number of piperidine rings is 1. The van der Waals surface area contributed by atoms with Gasteiger partial charge in [-0.1, -0.05) is 42.8 Å². The van der Waals surface area contributed by atoms with Gasteiger partial charge in [0.15, 0.2) is 5.11 Å². The van der Waals surface area contributed by atoms with Gasteiger partial charge in [-0.15, -0.1) is 0 Å². The Morgan fingerprint density at radius 1 is 0.919 bits per heavy atom. The second kappa shape index (κ2) is 10.2. The quantitative estimate of drug-likeness (QED) is 0.284. The SMILES string of the molecule is CC1CCN(c2ccc(N3C(=S)N[C@@H](c4ccccn4)[C@@H]3c3cccn3-c3ccccc3)cc2Cl)CC1. The Hall–Kier alpha value is -3.35. The molecule has 7 heteroatoms. The number of rotatable bonds is 5. The molecule has 2 aliphatic rings. The maximum Gasteiger partial charge on any atom is 0.174 e. The van der Waals surface area contributed by atoms with E-state index in [4.69, 9.17) is 28.8 Å². The highest BCUT2D eigenvalue weighted by molar-refractivity contribution is 7.80. The van der Waals surface area contributed by atoms with Gasteiger partial charge in [-0.3, -0.25) is 4.98 Å². The molecule has 2 aliphatic heterocycles. The van der Waals surface area contributed by atoms with Gasteiger partial charge in [0.2, 0.25) is 0 Å². The lowest BCUT2D eigenvalue weighted by Crippen LogP contribution is -2.33. The number of hydrogen-bond donors (Lipinski definition) is 1. The van der Waals surface area contributed by atoms with E-state index in [0.29, 0.717) is 5.11 Å².